The molecule has 0 radical (unpaired) electrons. The Balaban J connectivity index is 0.952. The van der Waals surface area contributed by atoms with E-state index in [1.807, 2.05) is 17.4 Å². The van der Waals surface area contributed by atoms with Crippen molar-refractivity contribution < 1.29 is 4.42 Å². The Labute approximate surface area is 502 Å². The van der Waals surface area contributed by atoms with E-state index < -0.39 is 0 Å². The fraction of sp³-hybridized carbons (Fsp3) is 0.0370. The van der Waals surface area contributed by atoms with E-state index in [0.717, 1.165) is 72.8 Å². The summed E-state index contributed by atoms with van der Waals surface area (Å²) in [4.78, 5) is 4.92. The number of para-hydroxylation sites is 3. The van der Waals surface area contributed by atoms with E-state index in [-0.39, 0.29) is 5.41 Å². The van der Waals surface area contributed by atoms with Gasteiger partial charge in [-0.25, -0.2) is 0 Å². The maximum Gasteiger partial charge on any atom is 0.137 e. The van der Waals surface area contributed by atoms with Crippen molar-refractivity contribution in [3.05, 3.63) is 308 Å². The molecule has 13 aromatic carbocycles. The van der Waals surface area contributed by atoms with E-state index in [2.05, 4.69) is 319 Å². The third-order valence-electron chi connectivity index (χ3n) is 17.9. The Morgan fingerprint density at radius 1 is 0.337 bits per heavy atom. The molecule has 4 nitrogen and oxygen atoms in total. The summed E-state index contributed by atoms with van der Waals surface area (Å²) in [6.45, 7) is 4.75. The van der Waals surface area contributed by atoms with E-state index >= 15 is 0 Å². The van der Waals surface area contributed by atoms with E-state index in [1.165, 1.54) is 86.5 Å². The molecule has 16 aromatic rings. The van der Waals surface area contributed by atoms with E-state index in [4.69, 9.17) is 4.42 Å². The van der Waals surface area contributed by atoms with Gasteiger partial charge in [0.2, 0.25) is 0 Å². The summed E-state index contributed by atoms with van der Waals surface area (Å²) in [5.41, 5.74) is 23.5. The number of hydrogen-bond acceptors (Lipinski definition) is 4. The molecule has 0 saturated carbocycles. The number of nitrogens with zero attached hydrogens (tertiary/aromatic N) is 3. The molecule has 86 heavy (non-hydrogen) atoms. The van der Waals surface area contributed by atoms with Crippen LogP contribution in [0.25, 0.3) is 114 Å². The third kappa shape index (κ3) is 7.96. The Kier molecular flexibility index (Phi) is 11.4. The zero-order valence-electron chi connectivity index (χ0n) is 47.4. The lowest BCUT2D eigenvalue weighted by Gasteiger charge is -2.31. The SMILES string of the molecule is CC1(C)c2ccccc2-c2ccc(N(c3ccc(-c4ccccc4)cc3)c3cc(-c4cc5c6ccccc6n(-c6ccc7c(c6)oc6ccccc67)c5c5c4sc4ccccc45)cc(N(c4ccccc4)c4ccc(-c5ccccc5)cc4)c3)cc21. The number of fused-ring (bicyclic) bond motifs is 13. The summed E-state index contributed by atoms with van der Waals surface area (Å²) >= 11 is 1.88. The highest BCUT2D eigenvalue weighted by atomic mass is 32.1. The minimum absolute atomic E-state index is 0.215. The predicted octanol–water partition coefficient (Wildman–Crippen LogP) is 23.3. The van der Waals surface area contributed by atoms with Gasteiger partial charge in [0.1, 0.15) is 11.2 Å². The summed E-state index contributed by atoms with van der Waals surface area (Å²) in [5.74, 6) is 0. The molecule has 3 aromatic heterocycles. The second-order valence-corrected chi connectivity index (χ2v) is 24.3. The van der Waals surface area contributed by atoms with Gasteiger partial charge >= 0.3 is 0 Å². The molecule has 0 aliphatic heterocycles. The molecule has 0 amide bonds. The van der Waals surface area contributed by atoms with Crippen LogP contribution in [0.15, 0.2) is 302 Å². The molecule has 0 bridgehead atoms. The number of rotatable bonds is 10. The zero-order chi connectivity index (χ0) is 57.0. The number of benzene rings is 13. The molecule has 3 heterocycles. The van der Waals surface area contributed by atoms with Crippen LogP contribution in [0.3, 0.4) is 0 Å². The molecule has 5 heteroatoms. The van der Waals surface area contributed by atoms with Crippen LogP contribution in [0.1, 0.15) is 25.0 Å². The van der Waals surface area contributed by atoms with E-state index in [9.17, 15) is 0 Å². The van der Waals surface area contributed by atoms with Crippen LogP contribution in [0.2, 0.25) is 0 Å². The summed E-state index contributed by atoms with van der Waals surface area (Å²) in [7, 11) is 0. The maximum atomic E-state index is 6.60. The largest absolute Gasteiger partial charge is 0.456 e. The first kappa shape index (κ1) is 49.9. The normalized spacial score (nSPS) is 12.6. The fourth-order valence-corrected chi connectivity index (χ4v) is 15.1. The van der Waals surface area contributed by atoms with Crippen molar-refractivity contribution in [1.29, 1.82) is 0 Å². The van der Waals surface area contributed by atoms with Crippen molar-refractivity contribution in [3.63, 3.8) is 0 Å². The second-order valence-electron chi connectivity index (χ2n) is 23.2. The lowest BCUT2D eigenvalue weighted by Crippen LogP contribution is -2.17. The minimum atomic E-state index is -0.215. The Hall–Kier alpha value is -10.7. The van der Waals surface area contributed by atoms with Crippen LogP contribution in [0.5, 0.6) is 0 Å². The third-order valence-corrected chi connectivity index (χ3v) is 19.1. The summed E-state index contributed by atoms with van der Waals surface area (Å²) in [5, 5.41) is 7.08. The van der Waals surface area contributed by atoms with Crippen molar-refractivity contribution >= 4 is 109 Å². The average molecular weight is 1120 g/mol. The summed E-state index contributed by atoms with van der Waals surface area (Å²) in [6.07, 6.45) is 0. The lowest BCUT2D eigenvalue weighted by molar-refractivity contribution is 0.660. The second kappa shape index (κ2) is 19.7. The first-order valence-corrected chi connectivity index (χ1v) is 30.4. The van der Waals surface area contributed by atoms with Gasteiger partial charge in [0.25, 0.3) is 0 Å². The van der Waals surface area contributed by atoms with E-state index in [1.54, 1.807) is 0 Å². The van der Waals surface area contributed by atoms with Crippen LogP contribution in [-0.2, 0) is 5.41 Å². The molecular formula is C81H55N3OS. The molecule has 406 valence electrons. The van der Waals surface area contributed by atoms with Crippen LogP contribution in [-0.4, -0.2) is 4.57 Å². The first-order chi connectivity index (χ1) is 42.4. The number of anilines is 6. The van der Waals surface area contributed by atoms with Crippen LogP contribution < -0.4 is 9.80 Å². The molecule has 0 saturated heterocycles. The molecule has 0 unspecified atom stereocenters. The van der Waals surface area contributed by atoms with Gasteiger partial charge in [-0.05, 0) is 153 Å². The predicted molar refractivity (Wildman–Crippen MR) is 364 cm³/mol. The van der Waals surface area contributed by atoms with Gasteiger partial charge in [-0.1, -0.05) is 202 Å². The first-order valence-electron chi connectivity index (χ1n) is 29.5. The van der Waals surface area contributed by atoms with Gasteiger partial charge in [0, 0.05) is 98.6 Å². The van der Waals surface area contributed by atoms with Crippen molar-refractivity contribution in [1.82, 2.24) is 4.57 Å². The zero-order valence-corrected chi connectivity index (χ0v) is 48.3. The molecule has 0 N–H and O–H groups in total. The lowest BCUT2D eigenvalue weighted by atomic mass is 9.82. The average Bonchev–Trinajstić information content (AvgIpc) is 1.79. The highest BCUT2D eigenvalue weighted by Crippen LogP contribution is 2.54. The minimum Gasteiger partial charge on any atom is -0.456 e. The van der Waals surface area contributed by atoms with Gasteiger partial charge in [-0.3, -0.25) is 0 Å². The van der Waals surface area contributed by atoms with Gasteiger partial charge in [-0.15, -0.1) is 11.3 Å². The monoisotopic (exact) mass is 1120 g/mol. The van der Waals surface area contributed by atoms with Crippen molar-refractivity contribution in [3.8, 4) is 50.2 Å². The molecular weight excluding hydrogens is 1060 g/mol. The van der Waals surface area contributed by atoms with Gasteiger partial charge < -0.3 is 18.8 Å². The standard InChI is InChI=1S/C81H55N3OS/c1-81(2)72-30-16-12-26-64(72)65-44-42-60(49-73(65)81)83(59-40-36-55(37-41-59)53-22-8-4-9-23-53)63-47-56(46-62(48-63)82(57-24-10-5-11-25-57)58-38-34-54(35-39-58)52-20-6-3-7-21-52)70-51-71-66-27-13-17-31-74(66)84(79(71)78-69-29-15-19-33-77(69)86-80(70)78)61-43-45-68-67-28-14-18-32-75(67)85-76(68)50-61/h3-51H,1-2H3. The molecule has 0 atom stereocenters. The Morgan fingerprint density at radius 3 is 1.58 bits per heavy atom. The molecule has 1 aliphatic rings. The molecule has 1 aliphatic carbocycles. The topological polar surface area (TPSA) is 24.6 Å². The number of aromatic nitrogens is 1. The fourth-order valence-electron chi connectivity index (χ4n) is 13.9. The highest BCUT2D eigenvalue weighted by Gasteiger charge is 2.36. The Bertz CT molecular complexity index is 5310. The van der Waals surface area contributed by atoms with E-state index in [0.29, 0.717) is 0 Å². The smallest absolute Gasteiger partial charge is 0.137 e. The van der Waals surface area contributed by atoms with Crippen LogP contribution >= 0.6 is 11.3 Å². The summed E-state index contributed by atoms with van der Waals surface area (Å²) < 4.78 is 11.6. The highest BCUT2D eigenvalue weighted by molar-refractivity contribution is 7.26. The molecule has 17 rings (SSSR count). The molecule has 0 spiro atoms. The van der Waals surface area contributed by atoms with Crippen LogP contribution in [0.4, 0.5) is 34.1 Å². The van der Waals surface area contributed by atoms with Gasteiger partial charge in [0.15, 0.2) is 0 Å². The Morgan fingerprint density at radius 2 is 0.872 bits per heavy atom. The maximum absolute atomic E-state index is 6.60. The summed E-state index contributed by atoms with van der Waals surface area (Å²) in [6, 6.07) is 109. The quantitative estimate of drug-likeness (QED) is 0.136. The van der Waals surface area contributed by atoms with Crippen LogP contribution in [0, 0.1) is 0 Å². The van der Waals surface area contributed by atoms with Crippen molar-refractivity contribution in [2.75, 3.05) is 9.80 Å². The number of hydrogen-bond donors (Lipinski definition) is 0. The van der Waals surface area contributed by atoms with Crippen molar-refractivity contribution in [2.45, 2.75) is 19.3 Å². The van der Waals surface area contributed by atoms with Crippen molar-refractivity contribution in [2.24, 2.45) is 0 Å². The number of thiophene rings is 1. The van der Waals surface area contributed by atoms with Gasteiger partial charge in [0.05, 0.1) is 11.0 Å². The van der Waals surface area contributed by atoms with Gasteiger partial charge in [-0.2, -0.15) is 0 Å². The molecule has 0 fully saturated rings. The number of furan rings is 1.